The van der Waals surface area contributed by atoms with Crippen molar-refractivity contribution < 1.29 is 4.79 Å². The highest BCUT2D eigenvalue weighted by Gasteiger charge is 2.26. The first-order valence-corrected chi connectivity index (χ1v) is 6.62. The Morgan fingerprint density at radius 2 is 2.26 bits per heavy atom. The van der Waals surface area contributed by atoms with E-state index < -0.39 is 0 Å². The summed E-state index contributed by atoms with van der Waals surface area (Å²) in [6.07, 6.45) is 2.52. The number of carbonyl (C=O) groups is 1. The second-order valence-corrected chi connectivity index (χ2v) is 5.20. The Hall–Kier alpha value is -1.65. The van der Waals surface area contributed by atoms with Gasteiger partial charge in [-0.15, -0.1) is 0 Å². The van der Waals surface area contributed by atoms with Gasteiger partial charge in [0.2, 0.25) is 0 Å². The molecule has 2 N–H and O–H groups in total. The zero-order valence-corrected chi connectivity index (χ0v) is 11.1. The van der Waals surface area contributed by atoms with Crippen LogP contribution in [0.3, 0.4) is 0 Å². The molecule has 98 valence electrons. The van der Waals surface area contributed by atoms with Crippen molar-refractivity contribution in [2.45, 2.75) is 12.5 Å². The summed E-state index contributed by atoms with van der Waals surface area (Å²) >= 11 is 6.13. The van der Waals surface area contributed by atoms with Crippen LogP contribution >= 0.6 is 11.6 Å². The summed E-state index contributed by atoms with van der Waals surface area (Å²) in [6.45, 7) is 1.31. The van der Waals surface area contributed by atoms with Gasteiger partial charge in [0.15, 0.2) is 0 Å². The fourth-order valence-corrected chi connectivity index (χ4v) is 2.67. The first-order valence-electron chi connectivity index (χ1n) is 6.25. The molecule has 0 radical (unpaired) electrons. The van der Waals surface area contributed by atoms with Gasteiger partial charge >= 0.3 is 0 Å². The van der Waals surface area contributed by atoms with Crippen LogP contribution in [0.1, 0.15) is 16.8 Å². The minimum atomic E-state index is -0.0201. The molecule has 2 heterocycles. The van der Waals surface area contributed by atoms with Crippen LogP contribution < -0.4 is 5.73 Å². The number of pyridine rings is 1. The summed E-state index contributed by atoms with van der Waals surface area (Å²) in [5.74, 6) is -0.0201. The lowest BCUT2D eigenvalue weighted by Crippen LogP contribution is -2.32. The normalized spacial score (nSPS) is 19.1. The number of aromatic nitrogens is 1. The van der Waals surface area contributed by atoms with E-state index in [-0.39, 0.29) is 11.9 Å². The van der Waals surface area contributed by atoms with Crippen LogP contribution in [0.5, 0.6) is 0 Å². The highest BCUT2D eigenvalue weighted by atomic mass is 35.5. The van der Waals surface area contributed by atoms with Crippen molar-refractivity contribution >= 4 is 28.4 Å². The smallest absolute Gasteiger partial charge is 0.256 e. The third-order valence-corrected chi connectivity index (χ3v) is 3.79. The van der Waals surface area contributed by atoms with Crippen LogP contribution in [-0.2, 0) is 0 Å². The number of nitrogens with two attached hydrogens (primary N) is 1. The second kappa shape index (κ2) is 4.79. The molecule has 3 rings (SSSR count). The van der Waals surface area contributed by atoms with Gasteiger partial charge in [-0.1, -0.05) is 11.6 Å². The lowest BCUT2D eigenvalue weighted by Gasteiger charge is -2.16. The van der Waals surface area contributed by atoms with E-state index in [1.54, 1.807) is 23.2 Å². The number of likely N-dealkylation sites (tertiary alicyclic amines) is 1. The first kappa shape index (κ1) is 12.4. The number of hydrogen-bond acceptors (Lipinski definition) is 3. The minimum absolute atomic E-state index is 0.0201. The van der Waals surface area contributed by atoms with Gasteiger partial charge in [-0.3, -0.25) is 9.78 Å². The maximum absolute atomic E-state index is 12.5. The Morgan fingerprint density at radius 3 is 3.00 bits per heavy atom. The van der Waals surface area contributed by atoms with Gasteiger partial charge in [0.25, 0.3) is 5.91 Å². The molecule has 5 heteroatoms. The van der Waals surface area contributed by atoms with Crippen LogP contribution in [0.2, 0.25) is 5.02 Å². The average Bonchev–Trinajstić information content (AvgIpc) is 2.86. The summed E-state index contributed by atoms with van der Waals surface area (Å²) < 4.78 is 0. The zero-order chi connectivity index (χ0) is 13.4. The SMILES string of the molecule is N[C@H]1CCN(C(=O)c2ccc(Cl)c3cccnc23)C1. The highest BCUT2D eigenvalue weighted by Crippen LogP contribution is 2.26. The molecule has 1 saturated heterocycles. The molecule has 1 amide bonds. The molecule has 1 aliphatic heterocycles. The molecule has 0 spiro atoms. The van der Waals surface area contributed by atoms with Crippen LogP contribution in [0.25, 0.3) is 10.9 Å². The molecule has 0 saturated carbocycles. The summed E-state index contributed by atoms with van der Waals surface area (Å²) in [7, 11) is 0. The number of fused-ring (bicyclic) bond motifs is 1. The van der Waals surface area contributed by atoms with Crippen molar-refractivity contribution in [3.05, 3.63) is 41.0 Å². The maximum atomic E-state index is 12.5. The number of benzene rings is 1. The molecule has 1 fully saturated rings. The Labute approximate surface area is 116 Å². The molecule has 0 bridgehead atoms. The number of amides is 1. The second-order valence-electron chi connectivity index (χ2n) is 4.79. The predicted molar refractivity (Wildman–Crippen MR) is 75.2 cm³/mol. The number of rotatable bonds is 1. The van der Waals surface area contributed by atoms with E-state index in [1.807, 2.05) is 12.1 Å². The fraction of sp³-hybridized carbons (Fsp3) is 0.286. The Morgan fingerprint density at radius 1 is 1.42 bits per heavy atom. The summed E-state index contributed by atoms with van der Waals surface area (Å²) in [5.41, 5.74) is 7.09. The first-order chi connectivity index (χ1) is 9.16. The summed E-state index contributed by atoms with van der Waals surface area (Å²) in [4.78, 5) is 18.6. The quantitative estimate of drug-likeness (QED) is 0.867. The van der Waals surface area contributed by atoms with Crippen molar-refractivity contribution in [1.29, 1.82) is 0 Å². The summed E-state index contributed by atoms with van der Waals surface area (Å²) in [5, 5.41) is 1.41. The van der Waals surface area contributed by atoms with Gasteiger partial charge in [-0.05, 0) is 30.7 Å². The van der Waals surface area contributed by atoms with Gasteiger partial charge in [0.1, 0.15) is 0 Å². The average molecular weight is 276 g/mol. The Bertz CT molecular complexity index is 644. The standard InChI is InChI=1S/C14H14ClN3O/c15-12-4-3-11(13-10(12)2-1-6-17-13)14(19)18-7-5-9(16)8-18/h1-4,6,9H,5,7-8,16H2/t9-/m0/s1. The van der Waals surface area contributed by atoms with E-state index in [2.05, 4.69) is 4.98 Å². The van der Waals surface area contributed by atoms with E-state index in [4.69, 9.17) is 17.3 Å². The largest absolute Gasteiger partial charge is 0.337 e. The summed E-state index contributed by atoms with van der Waals surface area (Å²) in [6, 6.07) is 7.25. The van der Waals surface area contributed by atoms with Gasteiger partial charge in [-0.2, -0.15) is 0 Å². The van der Waals surface area contributed by atoms with Gasteiger partial charge in [0, 0.05) is 30.7 Å². The third-order valence-electron chi connectivity index (χ3n) is 3.46. The lowest BCUT2D eigenvalue weighted by atomic mass is 10.1. The number of carbonyl (C=O) groups excluding carboxylic acids is 1. The van der Waals surface area contributed by atoms with E-state index in [0.29, 0.717) is 29.2 Å². The minimum Gasteiger partial charge on any atom is -0.337 e. The predicted octanol–water partition coefficient (Wildman–Crippen LogP) is 2.06. The molecule has 1 atom stereocenters. The third kappa shape index (κ3) is 2.17. The molecular weight excluding hydrogens is 262 g/mol. The molecule has 1 aromatic carbocycles. The van der Waals surface area contributed by atoms with Crippen molar-refractivity contribution in [2.75, 3.05) is 13.1 Å². The molecule has 2 aromatic rings. The molecule has 0 aliphatic carbocycles. The molecule has 4 nitrogen and oxygen atoms in total. The van der Waals surface area contributed by atoms with E-state index in [0.717, 1.165) is 11.8 Å². The Balaban J connectivity index is 2.06. The molecule has 1 aromatic heterocycles. The monoisotopic (exact) mass is 275 g/mol. The van der Waals surface area contributed by atoms with E-state index >= 15 is 0 Å². The van der Waals surface area contributed by atoms with Crippen molar-refractivity contribution in [3.63, 3.8) is 0 Å². The van der Waals surface area contributed by atoms with Crippen molar-refractivity contribution in [3.8, 4) is 0 Å². The lowest BCUT2D eigenvalue weighted by molar-refractivity contribution is 0.0792. The fourth-order valence-electron chi connectivity index (χ4n) is 2.45. The molecule has 19 heavy (non-hydrogen) atoms. The van der Waals surface area contributed by atoms with E-state index in [1.165, 1.54) is 0 Å². The van der Waals surface area contributed by atoms with E-state index in [9.17, 15) is 4.79 Å². The molecule has 1 aliphatic rings. The molecule has 0 unspecified atom stereocenters. The van der Waals surface area contributed by atoms with Crippen LogP contribution in [-0.4, -0.2) is 34.9 Å². The van der Waals surface area contributed by atoms with Gasteiger partial charge in [0.05, 0.1) is 16.1 Å². The van der Waals surface area contributed by atoms with Crippen molar-refractivity contribution in [2.24, 2.45) is 5.73 Å². The number of nitrogens with zero attached hydrogens (tertiary/aromatic N) is 2. The number of hydrogen-bond donors (Lipinski definition) is 1. The topological polar surface area (TPSA) is 59.2 Å². The van der Waals surface area contributed by atoms with Crippen molar-refractivity contribution in [1.82, 2.24) is 9.88 Å². The van der Waals surface area contributed by atoms with Crippen LogP contribution in [0.15, 0.2) is 30.5 Å². The number of halogens is 1. The zero-order valence-electron chi connectivity index (χ0n) is 10.3. The molecular formula is C14H14ClN3O. The maximum Gasteiger partial charge on any atom is 0.256 e. The Kier molecular flexibility index (Phi) is 3.12. The van der Waals surface area contributed by atoms with Gasteiger partial charge in [-0.25, -0.2) is 0 Å². The van der Waals surface area contributed by atoms with Crippen LogP contribution in [0.4, 0.5) is 0 Å². The van der Waals surface area contributed by atoms with Gasteiger partial charge < -0.3 is 10.6 Å². The highest BCUT2D eigenvalue weighted by molar-refractivity contribution is 6.36. The van der Waals surface area contributed by atoms with Crippen LogP contribution in [0, 0.1) is 0 Å².